The molecule has 0 aromatic heterocycles. The summed E-state index contributed by atoms with van der Waals surface area (Å²) in [6.45, 7) is 1.37. The SMILES string of the molecule is COC(=O)C[C@@H]1CCC2(C1)OCCO2. The number of rotatable bonds is 2. The van der Waals surface area contributed by atoms with Gasteiger partial charge in [0, 0.05) is 19.3 Å². The fourth-order valence-electron chi connectivity index (χ4n) is 2.32. The van der Waals surface area contributed by atoms with E-state index < -0.39 is 0 Å². The lowest BCUT2D eigenvalue weighted by Gasteiger charge is -2.21. The molecule has 2 aliphatic rings. The molecule has 1 heterocycles. The van der Waals surface area contributed by atoms with Crippen LogP contribution in [0.15, 0.2) is 0 Å². The van der Waals surface area contributed by atoms with Gasteiger partial charge in [-0.2, -0.15) is 0 Å². The van der Waals surface area contributed by atoms with Gasteiger partial charge in [-0.3, -0.25) is 4.79 Å². The van der Waals surface area contributed by atoms with E-state index in [-0.39, 0.29) is 11.8 Å². The van der Waals surface area contributed by atoms with Crippen molar-refractivity contribution < 1.29 is 19.0 Å². The Bertz CT molecular complexity index is 220. The van der Waals surface area contributed by atoms with Crippen LogP contribution in [0.5, 0.6) is 0 Å². The Morgan fingerprint density at radius 1 is 1.50 bits per heavy atom. The molecule has 80 valence electrons. The first-order chi connectivity index (χ1) is 6.74. The highest BCUT2D eigenvalue weighted by molar-refractivity contribution is 5.69. The first-order valence-corrected chi connectivity index (χ1v) is 5.09. The lowest BCUT2D eigenvalue weighted by atomic mass is 10.0. The number of carbonyl (C=O) groups is 1. The first kappa shape index (κ1) is 9.93. The molecular formula is C10H16O4. The molecule has 4 nitrogen and oxygen atoms in total. The summed E-state index contributed by atoms with van der Waals surface area (Å²) in [5.41, 5.74) is 0. The maximum atomic E-state index is 11.1. The van der Waals surface area contributed by atoms with Gasteiger partial charge in [-0.05, 0) is 12.3 Å². The highest BCUT2D eigenvalue weighted by atomic mass is 16.7. The fraction of sp³-hybridized carbons (Fsp3) is 0.900. The number of hydrogen-bond acceptors (Lipinski definition) is 4. The smallest absolute Gasteiger partial charge is 0.305 e. The summed E-state index contributed by atoms with van der Waals surface area (Å²) in [7, 11) is 1.43. The topological polar surface area (TPSA) is 44.8 Å². The van der Waals surface area contributed by atoms with Crippen LogP contribution in [0.4, 0.5) is 0 Å². The second kappa shape index (κ2) is 3.87. The zero-order chi connectivity index (χ0) is 10.0. The standard InChI is InChI=1S/C10H16O4/c1-12-9(11)6-8-2-3-10(7-8)13-4-5-14-10/h8H,2-7H2,1H3/t8-/m0/s1. The molecule has 1 aliphatic heterocycles. The van der Waals surface area contributed by atoms with Crippen molar-refractivity contribution in [3.63, 3.8) is 0 Å². The van der Waals surface area contributed by atoms with Crippen molar-refractivity contribution in [3.8, 4) is 0 Å². The Labute approximate surface area is 83.5 Å². The number of hydrogen-bond donors (Lipinski definition) is 0. The predicted octanol–water partition coefficient (Wildman–Crippen LogP) is 1.09. The van der Waals surface area contributed by atoms with E-state index in [1.165, 1.54) is 7.11 Å². The molecule has 1 atom stereocenters. The minimum atomic E-state index is -0.362. The molecule has 1 spiro atoms. The average molecular weight is 200 g/mol. The lowest BCUT2D eigenvalue weighted by molar-refractivity contribution is -0.154. The normalized spacial score (nSPS) is 29.6. The van der Waals surface area contributed by atoms with Crippen molar-refractivity contribution in [3.05, 3.63) is 0 Å². The molecule has 0 aromatic carbocycles. The third kappa shape index (κ3) is 1.91. The molecule has 2 fully saturated rings. The van der Waals surface area contributed by atoms with Crippen LogP contribution >= 0.6 is 0 Å². The van der Waals surface area contributed by atoms with Crippen molar-refractivity contribution in [2.45, 2.75) is 31.5 Å². The Morgan fingerprint density at radius 3 is 2.86 bits per heavy atom. The van der Waals surface area contributed by atoms with Gasteiger partial charge < -0.3 is 14.2 Å². The van der Waals surface area contributed by atoms with E-state index in [4.69, 9.17) is 9.47 Å². The Balaban J connectivity index is 1.85. The molecule has 1 aliphatic carbocycles. The van der Waals surface area contributed by atoms with Gasteiger partial charge in [0.05, 0.1) is 20.3 Å². The first-order valence-electron chi connectivity index (χ1n) is 5.09. The van der Waals surface area contributed by atoms with Crippen LogP contribution in [0.1, 0.15) is 25.7 Å². The zero-order valence-electron chi connectivity index (χ0n) is 8.45. The van der Waals surface area contributed by atoms with Gasteiger partial charge in [-0.1, -0.05) is 0 Å². The van der Waals surface area contributed by atoms with Crippen molar-refractivity contribution in [2.24, 2.45) is 5.92 Å². The minimum Gasteiger partial charge on any atom is -0.469 e. The molecule has 1 saturated carbocycles. The molecule has 2 rings (SSSR count). The molecule has 14 heavy (non-hydrogen) atoms. The quantitative estimate of drug-likeness (QED) is 0.626. The second-order valence-corrected chi connectivity index (χ2v) is 4.00. The predicted molar refractivity (Wildman–Crippen MR) is 48.6 cm³/mol. The van der Waals surface area contributed by atoms with Crippen LogP contribution in [-0.2, 0) is 19.0 Å². The van der Waals surface area contributed by atoms with Gasteiger partial charge in [-0.25, -0.2) is 0 Å². The molecule has 0 unspecified atom stereocenters. The van der Waals surface area contributed by atoms with E-state index in [2.05, 4.69) is 4.74 Å². The number of carbonyl (C=O) groups excluding carboxylic acids is 1. The van der Waals surface area contributed by atoms with Crippen molar-refractivity contribution in [1.82, 2.24) is 0 Å². The van der Waals surface area contributed by atoms with Crippen molar-refractivity contribution >= 4 is 5.97 Å². The van der Waals surface area contributed by atoms with Gasteiger partial charge in [0.1, 0.15) is 0 Å². The monoisotopic (exact) mass is 200 g/mol. The van der Waals surface area contributed by atoms with Crippen LogP contribution < -0.4 is 0 Å². The third-order valence-electron chi connectivity index (χ3n) is 3.03. The average Bonchev–Trinajstić information content (AvgIpc) is 2.78. The molecule has 1 saturated heterocycles. The summed E-state index contributed by atoms with van der Waals surface area (Å²) >= 11 is 0. The number of methoxy groups -OCH3 is 1. The molecule has 0 N–H and O–H groups in total. The van der Waals surface area contributed by atoms with Crippen LogP contribution in [0, 0.1) is 5.92 Å². The van der Waals surface area contributed by atoms with Crippen LogP contribution in [0.25, 0.3) is 0 Å². The van der Waals surface area contributed by atoms with Gasteiger partial charge in [-0.15, -0.1) is 0 Å². The second-order valence-electron chi connectivity index (χ2n) is 4.00. The van der Waals surface area contributed by atoms with E-state index in [1.54, 1.807) is 0 Å². The highest BCUT2D eigenvalue weighted by Gasteiger charge is 2.44. The maximum absolute atomic E-state index is 11.1. The maximum Gasteiger partial charge on any atom is 0.305 e. The fourth-order valence-corrected chi connectivity index (χ4v) is 2.32. The summed E-state index contributed by atoms with van der Waals surface area (Å²) in [4.78, 5) is 11.1. The van der Waals surface area contributed by atoms with Crippen molar-refractivity contribution in [1.29, 1.82) is 0 Å². The van der Waals surface area contributed by atoms with Gasteiger partial charge >= 0.3 is 5.97 Å². The Kier molecular flexibility index (Phi) is 2.74. The summed E-state index contributed by atoms with van der Waals surface area (Å²) < 4.78 is 15.8. The molecule has 0 radical (unpaired) electrons. The summed E-state index contributed by atoms with van der Waals surface area (Å²) in [5, 5.41) is 0. The van der Waals surface area contributed by atoms with Gasteiger partial charge in [0.15, 0.2) is 5.79 Å². The van der Waals surface area contributed by atoms with E-state index in [0.29, 0.717) is 25.6 Å². The van der Waals surface area contributed by atoms with E-state index >= 15 is 0 Å². The molecule has 0 amide bonds. The summed E-state index contributed by atoms with van der Waals surface area (Å²) in [6.07, 6.45) is 3.23. The number of ether oxygens (including phenoxy) is 3. The highest BCUT2D eigenvalue weighted by Crippen LogP contribution is 2.42. The van der Waals surface area contributed by atoms with Crippen LogP contribution in [0.2, 0.25) is 0 Å². The van der Waals surface area contributed by atoms with E-state index in [0.717, 1.165) is 19.3 Å². The molecule has 0 bridgehead atoms. The summed E-state index contributed by atoms with van der Waals surface area (Å²) in [6, 6.07) is 0. The van der Waals surface area contributed by atoms with Crippen LogP contribution in [-0.4, -0.2) is 32.1 Å². The summed E-state index contributed by atoms with van der Waals surface area (Å²) in [5.74, 6) is -0.135. The third-order valence-corrected chi connectivity index (χ3v) is 3.03. The number of esters is 1. The lowest BCUT2D eigenvalue weighted by Crippen LogP contribution is -2.26. The zero-order valence-corrected chi connectivity index (χ0v) is 8.45. The van der Waals surface area contributed by atoms with E-state index in [9.17, 15) is 4.79 Å². The van der Waals surface area contributed by atoms with Gasteiger partial charge in [0.2, 0.25) is 0 Å². The Morgan fingerprint density at radius 2 is 2.21 bits per heavy atom. The van der Waals surface area contributed by atoms with Gasteiger partial charge in [0.25, 0.3) is 0 Å². The molecule has 0 aromatic rings. The molecular weight excluding hydrogens is 184 g/mol. The largest absolute Gasteiger partial charge is 0.469 e. The van der Waals surface area contributed by atoms with Crippen molar-refractivity contribution in [2.75, 3.05) is 20.3 Å². The minimum absolute atomic E-state index is 0.134. The molecule has 4 heteroatoms. The van der Waals surface area contributed by atoms with Crippen LogP contribution in [0.3, 0.4) is 0 Å². The Hall–Kier alpha value is -0.610. The van der Waals surface area contributed by atoms with E-state index in [1.807, 2.05) is 0 Å².